The van der Waals surface area contributed by atoms with Crippen LogP contribution in [0.5, 0.6) is 0 Å². The minimum absolute atomic E-state index is 1.19. The van der Waals surface area contributed by atoms with E-state index in [0.29, 0.717) is 0 Å². The number of thiophene rings is 2. The zero-order valence-corrected chi connectivity index (χ0v) is 29.5. The molecule has 12 rings (SSSR count). The summed E-state index contributed by atoms with van der Waals surface area (Å²) in [5, 5.41) is 10.3. The number of benzene rings is 8. The molecule has 52 heavy (non-hydrogen) atoms. The van der Waals surface area contributed by atoms with E-state index in [0.717, 1.165) is 0 Å². The standard InChI is InChI=1S/C48H28N2S2/c1-5-14-39-32(10-1)36-26-29(20-23-41(36)49(39)31-22-25-46-38(28-31)34-12-3-7-17-44(34)51-46)30-21-24-42-37(27-30)33-11-2-6-15-40(33)50(42)43-16-9-19-47-48(43)35-13-4-8-18-45(35)52-47/h1-28H. The highest BCUT2D eigenvalue weighted by Gasteiger charge is 2.19. The van der Waals surface area contributed by atoms with Crippen LogP contribution in [0.2, 0.25) is 0 Å². The van der Waals surface area contributed by atoms with Gasteiger partial charge in [0, 0.05) is 67.6 Å². The molecule has 0 aliphatic heterocycles. The van der Waals surface area contributed by atoms with Crippen molar-refractivity contribution in [1.29, 1.82) is 0 Å². The van der Waals surface area contributed by atoms with Crippen molar-refractivity contribution in [2.45, 2.75) is 0 Å². The minimum atomic E-state index is 1.19. The van der Waals surface area contributed by atoms with Crippen molar-refractivity contribution in [2.24, 2.45) is 0 Å². The summed E-state index contributed by atoms with van der Waals surface area (Å²) in [6.45, 7) is 0. The summed E-state index contributed by atoms with van der Waals surface area (Å²) in [6, 6.07) is 62.9. The van der Waals surface area contributed by atoms with Crippen molar-refractivity contribution in [2.75, 3.05) is 0 Å². The molecule has 2 nitrogen and oxygen atoms in total. The molecule has 0 fully saturated rings. The van der Waals surface area contributed by atoms with E-state index in [1.165, 1.54) is 106 Å². The van der Waals surface area contributed by atoms with Gasteiger partial charge in [0.25, 0.3) is 0 Å². The third kappa shape index (κ3) is 3.93. The van der Waals surface area contributed by atoms with E-state index < -0.39 is 0 Å². The summed E-state index contributed by atoms with van der Waals surface area (Å²) in [6.07, 6.45) is 0. The van der Waals surface area contributed by atoms with Crippen molar-refractivity contribution in [1.82, 2.24) is 9.13 Å². The second kappa shape index (κ2) is 10.7. The Kier molecular flexibility index (Phi) is 5.84. The van der Waals surface area contributed by atoms with Gasteiger partial charge in [-0.2, -0.15) is 0 Å². The molecule has 0 unspecified atom stereocenters. The van der Waals surface area contributed by atoms with Crippen LogP contribution < -0.4 is 0 Å². The van der Waals surface area contributed by atoms with E-state index in [1.54, 1.807) is 0 Å². The van der Waals surface area contributed by atoms with Crippen molar-refractivity contribution in [3.63, 3.8) is 0 Å². The third-order valence-electron chi connectivity index (χ3n) is 10.9. The SMILES string of the molecule is c1ccc2c(c1)sc1ccc(-n3c4ccccc4c4cc(-c5ccc6c(c5)c5ccccc5n6-c5cccc6sc7ccccc7c56)ccc43)cc12. The average Bonchev–Trinajstić information content (AvgIpc) is 3.95. The summed E-state index contributed by atoms with van der Waals surface area (Å²) in [7, 11) is 0. The lowest BCUT2D eigenvalue weighted by Crippen LogP contribution is -1.94. The molecule has 4 heterocycles. The normalized spacial score (nSPS) is 12.2. The number of fused-ring (bicyclic) bond motifs is 12. The molecule has 8 aromatic carbocycles. The smallest absolute Gasteiger partial charge is 0.0555 e. The van der Waals surface area contributed by atoms with Gasteiger partial charge in [0.05, 0.1) is 27.8 Å². The molecule has 0 atom stereocenters. The Morgan fingerprint density at radius 1 is 0.308 bits per heavy atom. The van der Waals surface area contributed by atoms with E-state index in [-0.39, 0.29) is 0 Å². The van der Waals surface area contributed by atoms with Crippen LogP contribution in [0.4, 0.5) is 0 Å². The molecule has 4 heteroatoms. The molecule has 0 radical (unpaired) electrons. The Hall–Kier alpha value is -6.20. The molecule has 4 aromatic heterocycles. The molecular weight excluding hydrogens is 669 g/mol. The summed E-state index contributed by atoms with van der Waals surface area (Å²) in [4.78, 5) is 0. The first-order valence-electron chi connectivity index (χ1n) is 17.7. The van der Waals surface area contributed by atoms with Gasteiger partial charge >= 0.3 is 0 Å². The van der Waals surface area contributed by atoms with E-state index in [9.17, 15) is 0 Å². The zero-order valence-electron chi connectivity index (χ0n) is 27.9. The Morgan fingerprint density at radius 2 is 0.827 bits per heavy atom. The van der Waals surface area contributed by atoms with Crippen molar-refractivity contribution >= 4 is 107 Å². The molecule has 0 amide bonds. The minimum Gasteiger partial charge on any atom is -0.309 e. The van der Waals surface area contributed by atoms with Crippen LogP contribution in [0.1, 0.15) is 0 Å². The molecule has 0 bridgehead atoms. The Labute approximate surface area is 306 Å². The Balaban J connectivity index is 1.06. The van der Waals surface area contributed by atoms with Gasteiger partial charge in [-0.15, -0.1) is 22.7 Å². The highest BCUT2D eigenvalue weighted by molar-refractivity contribution is 7.26. The van der Waals surface area contributed by atoms with Gasteiger partial charge in [-0.05, 0) is 90.0 Å². The topological polar surface area (TPSA) is 9.86 Å². The van der Waals surface area contributed by atoms with E-state index in [4.69, 9.17) is 0 Å². The maximum atomic E-state index is 2.47. The fraction of sp³-hybridized carbons (Fsp3) is 0. The highest BCUT2D eigenvalue weighted by Crippen LogP contribution is 2.43. The van der Waals surface area contributed by atoms with Gasteiger partial charge in [0.2, 0.25) is 0 Å². The quantitative estimate of drug-likeness (QED) is 0.174. The fourth-order valence-corrected chi connectivity index (χ4v) is 10.9. The zero-order chi connectivity index (χ0) is 33.9. The number of nitrogens with zero attached hydrogens (tertiary/aromatic N) is 2. The van der Waals surface area contributed by atoms with Gasteiger partial charge in [0.15, 0.2) is 0 Å². The first-order valence-corrected chi connectivity index (χ1v) is 19.3. The molecule has 0 saturated heterocycles. The summed E-state index contributed by atoms with van der Waals surface area (Å²) < 4.78 is 10.2. The monoisotopic (exact) mass is 696 g/mol. The molecule has 0 aliphatic rings. The number of para-hydroxylation sites is 2. The van der Waals surface area contributed by atoms with Crippen molar-refractivity contribution in [3.05, 3.63) is 170 Å². The molecule has 242 valence electrons. The van der Waals surface area contributed by atoms with Crippen molar-refractivity contribution < 1.29 is 0 Å². The maximum absolute atomic E-state index is 2.47. The largest absolute Gasteiger partial charge is 0.309 e. The first-order chi connectivity index (χ1) is 25.8. The van der Waals surface area contributed by atoms with Crippen LogP contribution >= 0.6 is 22.7 Å². The average molecular weight is 697 g/mol. The molecule has 0 saturated carbocycles. The van der Waals surface area contributed by atoms with Crippen LogP contribution in [0.25, 0.3) is 106 Å². The first kappa shape index (κ1) is 28.5. The van der Waals surface area contributed by atoms with E-state index >= 15 is 0 Å². The predicted octanol–water partition coefficient (Wildman–Crippen LogP) is 14.3. The van der Waals surface area contributed by atoms with Gasteiger partial charge < -0.3 is 9.13 Å². The number of aromatic nitrogens is 2. The predicted molar refractivity (Wildman–Crippen MR) is 226 cm³/mol. The lowest BCUT2D eigenvalue weighted by atomic mass is 10.0. The van der Waals surface area contributed by atoms with Gasteiger partial charge in [0.1, 0.15) is 0 Å². The maximum Gasteiger partial charge on any atom is 0.0555 e. The fourth-order valence-electron chi connectivity index (χ4n) is 8.64. The molecule has 0 spiro atoms. The molecular formula is C48H28N2S2. The van der Waals surface area contributed by atoms with Gasteiger partial charge in [-0.25, -0.2) is 0 Å². The summed E-state index contributed by atoms with van der Waals surface area (Å²) in [5.41, 5.74) is 9.76. The second-order valence-electron chi connectivity index (χ2n) is 13.7. The lowest BCUT2D eigenvalue weighted by molar-refractivity contribution is 1.19. The van der Waals surface area contributed by atoms with Crippen LogP contribution in [0.15, 0.2) is 170 Å². The lowest BCUT2D eigenvalue weighted by Gasteiger charge is -2.11. The van der Waals surface area contributed by atoms with E-state index in [1.807, 2.05) is 22.7 Å². The summed E-state index contributed by atoms with van der Waals surface area (Å²) in [5.74, 6) is 0. The molecule has 12 aromatic rings. The Bertz CT molecular complexity index is 3420. The van der Waals surface area contributed by atoms with Crippen molar-refractivity contribution in [3.8, 4) is 22.5 Å². The molecule has 0 aliphatic carbocycles. The summed E-state index contributed by atoms with van der Waals surface area (Å²) >= 11 is 3.74. The number of rotatable bonds is 3. The van der Waals surface area contributed by atoms with Crippen LogP contribution in [-0.4, -0.2) is 9.13 Å². The van der Waals surface area contributed by atoms with Gasteiger partial charge in [-0.1, -0.05) is 91.0 Å². The number of hydrogen-bond donors (Lipinski definition) is 0. The Morgan fingerprint density at radius 3 is 1.56 bits per heavy atom. The third-order valence-corrected chi connectivity index (χ3v) is 13.2. The van der Waals surface area contributed by atoms with Crippen LogP contribution in [0.3, 0.4) is 0 Å². The van der Waals surface area contributed by atoms with Gasteiger partial charge in [-0.3, -0.25) is 0 Å². The highest BCUT2D eigenvalue weighted by atomic mass is 32.1. The van der Waals surface area contributed by atoms with Crippen LogP contribution in [-0.2, 0) is 0 Å². The van der Waals surface area contributed by atoms with E-state index in [2.05, 4.69) is 179 Å². The molecule has 0 N–H and O–H groups in total. The second-order valence-corrected chi connectivity index (χ2v) is 15.9. The number of hydrogen-bond acceptors (Lipinski definition) is 2. The van der Waals surface area contributed by atoms with Crippen LogP contribution in [0, 0.1) is 0 Å².